The molecule has 0 spiro atoms. The van der Waals surface area contributed by atoms with Gasteiger partial charge in [-0.25, -0.2) is 4.98 Å². The van der Waals surface area contributed by atoms with Crippen molar-refractivity contribution in [2.24, 2.45) is 7.05 Å². The van der Waals surface area contributed by atoms with Crippen LogP contribution in [0.15, 0.2) is 12.4 Å². The molecule has 68 valence electrons. The molecular formula is C8H15N3S. The molecule has 0 aliphatic heterocycles. The van der Waals surface area contributed by atoms with E-state index in [1.807, 2.05) is 24.0 Å². The molecule has 12 heavy (non-hydrogen) atoms. The second-order valence-electron chi connectivity index (χ2n) is 2.92. The van der Waals surface area contributed by atoms with E-state index in [1.165, 1.54) is 0 Å². The molecule has 0 aliphatic carbocycles. The van der Waals surface area contributed by atoms with Crippen LogP contribution < -0.4 is 0 Å². The molecule has 0 amide bonds. The molecule has 0 unspecified atom stereocenters. The summed E-state index contributed by atoms with van der Waals surface area (Å²) < 4.78 is 2.04. The molecular weight excluding hydrogens is 170 g/mol. The van der Waals surface area contributed by atoms with E-state index in [4.69, 9.17) is 0 Å². The number of thiol groups is 1. The Kier molecular flexibility index (Phi) is 3.62. The maximum atomic E-state index is 4.23. The average molecular weight is 185 g/mol. The molecule has 0 bridgehead atoms. The summed E-state index contributed by atoms with van der Waals surface area (Å²) in [4.78, 5) is 6.44. The Morgan fingerprint density at radius 1 is 1.67 bits per heavy atom. The first-order chi connectivity index (χ1) is 5.74. The Morgan fingerprint density at radius 3 is 2.92 bits per heavy atom. The van der Waals surface area contributed by atoms with Crippen molar-refractivity contribution in [2.45, 2.75) is 6.54 Å². The van der Waals surface area contributed by atoms with Crippen molar-refractivity contribution >= 4 is 12.6 Å². The Hall–Kier alpha value is -0.480. The summed E-state index contributed by atoms with van der Waals surface area (Å²) in [5, 5.41) is 0. The molecule has 1 heterocycles. The van der Waals surface area contributed by atoms with Gasteiger partial charge in [0.1, 0.15) is 5.82 Å². The van der Waals surface area contributed by atoms with Gasteiger partial charge in [0, 0.05) is 31.7 Å². The maximum absolute atomic E-state index is 4.23. The fourth-order valence-corrected chi connectivity index (χ4v) is 1.38. The first-order valence-corrected chi connectivity index (χ1v) is 4.63. The standard InChI is InChI=1S/C8H15N3S/c1-10(5-6-12)7-8-9-3-4-11(8)2/h3-4,12H,5-7H2,1-2H3. The van der Waals surface area contributed by atoms with Gasteiger partial charge in [-0.1, -0.05) is 0 Å². The molecule has 0 aliphatic rings. The molecule has 1 aromatic heterocycles. The van der Waals surface area contributed by atoms with Gasteiger partial charge in [0.2, 0.25) is 0 Å². The van der Waals surface area contributed by atoms with Crippen molar-refractivity contribution in [2.75, 3.05) is 19.3 Å². The van der Waals surface area contributed by atoms with Crippen LogP contribution in [0.2, 0.25) is 0 Å². The van der Waals surface area contributed by atoms with Crippen LogP contribution in [0.3, 0.4) is 0 Å². The van der Waals surface area contributed by atoms with Crippen molar-refractivity contribution in [1.82, 2.24) is 14.5 Å². The summed E-state index contributed by atoms with van der Waals surface area (Å²) in [6, 6.07) is 0. The zero-order valence-electron chi connectivity index (χ0n) is 7.56. The quantitative estimate of drug-likeness (QED) is 0.700. The lowest BCUT2D eigenvalue weighted by molar-refractivity contribution is 0.335. The number of aryl methyl sites for hydroxylation is 1. The molecule has 0 atom stereocenters. The first-order valence-electron chi connectivity index (χ1n) is 3.99. The highest BCUT2D eigenvalue weighted by Crippen LogP contribution is 1.98. The number of hydrogen-bond donors (Lipinski definition) is 1. The number of nitrogens with zero attached hydrogens (tertiary/aromatic N) is 3. The van der Waals surface area contributed by atoms with Gasteiger partial charge in [-0.2, -0.15) is 12.6 Å². The smallest absolute Gasteiger partial charge is 0.122 e. The molecule has 0 radical (unpaired) electrons. The van der Waals surface area contributed by atoms with Gasteiger partial charge < -0.3 is 4.57 Å². The summed E-state index contributed by atoms with van der Waals surface area (Å²) in [5.41, 5.74) is 0. The van der Waals surface area contributed by atoms with E-state index in [9.17, 15) is 0 Å². The number of aromatic nitrogens is 2. The van der Waals surface area contributed by atoms with Gasteiger partial charge in [-0.05, 0) is 7.05 Å². The maximum Gasteiger partial charge on any atom is 0.122 e. The largest absolute Gasteiger partial charge is 0.337 e. The summed E-state index contributed by atoms with van der Waals surface area (Å²) in [6.07, 6.45) is 3.79. The van der Waals surface area contributed by atoms with Crippen LogP contribution in [0.1, 0.15) is 5.82 Å². The SMILES string of the molecule is CN(CCS)Cc1nccn1C. The van der Waals surface area contributed by atoms with E-state index < -0.39 is 0 Å². The third-order valence-electron chi connectivity index (χ3n) is 1.81. The lowest BCUT2D eigenvalue weighted by Crippen LogP contribution is -2.21. The molecule has 1 aromatic rings. The van der Waals surface area contributed by atoms with E-state index in [0.29, 0.717) is 0 Å². The van der Waals surface area contributed by atoms with Crippen LogP contribution >= 0.6 is 12.6 Å². The highest BCUT2D eigenvalue weighted by Gasteiger charge is 2.02. The minimum atomic E-state index is 0.890. The monoisotopic (exact) mass is 185 g/mol. The lowest BCUT2D eigenvalue weighted by Gasteiger charge is -2.14. The third kappa shape index (κ3) is 2.53. The van der Waals surface area contributed by atoms with E-state index in [-0.39, 0.29) is 0 Å². The van der Waals surface area contributed by atoms with Crippen LogP contribution in [0, 0.1) is 0 Å². The van der Waals surface area contributed by atoms with Gasteiger partial charge in [-0.3, -0.25) is 4.90 Å². The van der Waals surface area contributed by atoms with Gasteiger partial charge in [0.25, 0.3) is 0 Å². The normalized spacial score (nSPS) is 11.0. The molecule has 0 N–H and O–H groups in total. The molecule has 0 fully saturated rings. The Labute approximate surface area is 78.8 Å². The van der Waals surface area contributed by atoms with Crippen molar-refractivity contribution in [3.05, 3.63) is 18.2 Å². The predicted octanol–water partition coefficient (Wildman–Crippen LogP) is 0.782. The van der Waals surface area contributed by atoms with Gasteiger partial charge in [0.05, 0.1) is 6.54 Å². The van der Waals surface area contributed by atoms with Crippen LogP contribution in [-0.4, -0.2) is 33.8 Å². The number of imidazole rings is 1. The summed E-state index contributed by atoms with van der Waals surface area (Å²) in [6.45, 7) is 1.89. The van der Waals surface area contributed by atoms with E-state index >= 15 is 0 Å². The van der Waals surface area contributed by atoms with Gasteiger partial charge in [-0.15, -0.1) is 0 Å². The van der Waals surface area contributed by atoms with Crippen LogP contribution in [0.4, 0.5) is 0 Å². The van der Waals surface area contributed by atoms with Crippen molar-refractivity contribution in [3.8, 4) is 0 Å². The molecule has 0 saturated carbocycles. The molecule has 0 saturated heterocycles. The second-order valence-corrected chi connectivity index (χ2v) is 3.36. The van der Waals surface area contributed by atoms with Gasteiger partial charge >= 0.3 is 0 Å². The summed E-state index contributed by atoms with van der Waals surface area (Å²) >= 11 is 4.17. The van der Waals surface area contributed by atoms with Crippen molar-refractivity contribution < 1.29 is 0 Å². The highest BCUT2D eigenvalue weighted by atomic mass is 32.1. The fourth-order valence-electron chi connectivity index (χ4n) is 1.04. The number of rotatable bonds is 4. The first kappa shape index (κ1) is 9.61. The topological polar surface area (TPSA) is 21.1 Å². The Balaban J connectivity index is 2.46. The van der Waals surface area contributed by atoms with Crippen LogP contribution in [0.25, 0.3) is 0 Å². The number of hydrogen-bond acceptors (Lipinski definition) is 3. The van der Waals surface area contributed by atoms with Crippen LogP contribution in [0.5, 0.6) is 0 Å². The third-order valence-corrected chi connectivity index (χ3v) is 2.01. The van der Waals surface area contributed by atoms with E-state index in [1.54, 1.807) is 0 Å². The van der Waals surface area contributed by atoms with E-state index in [2.05, 4.69) is 29.6 Å². The Bertz CT molecular complexity index is 234. The Morgan fingerprint density at radius 2 is 2.42 bits per heavy atom. The van der Waals surface area contributed by atoms with Crippen molar-refractivity contribution in [1.29, 1.82) is 0 Å². The van der Waals surface area contributed by atoms with Crippen LogP contribution in [-0.2, 0) is 13.6 Å². The fraction of sp³-hybridized carbons (Fsp3) is 0.625. The van der Waals surface area contributed by atoms with E-state index in [0.717, 1.165) is 24.7 Å². The van der Waals surface area contributed by atoms with Crippen molar-refractivity contribution in [3.63, 3.8) is 0 Å². The zero-order valence-corrected chi connectivity index (χ0v) is 8.46. The molecule has 4 heteroatoms. The summed E-state index contributed by atoms with van der Waals surface area (Å²) in [7, 11) is 4.09. The minimum absolute atomic E-state index is 0.890. The van der Waals surface area contributed by atoms with Gasteiger partial charge in [0.15, 0.2) is 0 Å². The predicted molar refractivity (Wildman–Crippen MR) is 53.4 cm³/mol. The lowest BCUT2D eigenvalue weighted by atomic mass is 10.5. The minimum Gasteiger partial charge on any atom is -0.337 e. The highest BCUT2D eigenvalue weighted by molar-refractivity contribution is 7.80. The summed E-state index contributed by atoms with van der Waals surface area (Å²) in [5.74, 6) is 1.99. The molecule has 1 rings (SSSR count). The molecule has 0 aromatic carbocycles. The molecule has 3 nitrogen and oxygen atoms in total. The second kappa shape index (κ2) is 4.52. The average Bonchev–Trinajstić information content (AvgIpc) is 2.37. The zero-order chi connectivity index (χ0) is 8.97.